The highest BCUT2D eigenvalue weighted by atomic mass is 16.5. The first-order valence-electron chi connectivity index (χ1n) is 21.6. The zero-order chi connectivity index (χ0) is 35.2. The van der Waals surface area contributed by atoms with Crippen molar-refractivity contribution in [2.24, 2.45) is 0 Å². The van der Waals surface area contributed by atoms with E-state index in [0.717, 1.165) is 57.8 Å². The average Bonchev–Trinajstić information content (AvgIpc) is 3.08. The molecule has 0 aliphatic heterocycles. The molecule has 5 nitrogen and oxygen atoms in total. The molecule has 0 spiro atoms. The molecule has 0 rings (SSSR count). The second-order valence-corrected chi connectivity index (χ2v) is 14.9. The largest absolute Gasteiger partial charge is 0.466 e. The molecule has 286 valence electrons. The Bertz CT molecular complexity index is 653. The van der Waals surface area contributed by atoms with Crippen molar-refractivity contribution in [2.75, 3.05) is 26.7 Å². The molecule has 0 saturated heterocycles. The van der Waals surface area contributed by atoms with E-state index in [0.29, 0.717) is 19.4 Å². The van der Waals surface area contributed by atoms with Gasteiger partial charge in [0.1, 0.15) is 6.10 Å². The highest BCUT2D eigenvalue weighted by Crippen LogP contribution is 2.18. The lowest BCUT2D eigenvalue weighted by Gasteiger charge is -2.18. The van der Waals surface area contributed by atoms with Crippen LogP contribution in [0.1, 0.15) is 233 Å². The molecular formula is C43H85NO4. The van der Waals surface area contributed by atoms with Gasteiger partial charge >= 0.3 is 11.9 Å². The van der Waals surface area contributed by atoms with Crippen molar-refractivity contribution in [2.45, 2.75) is 239 Å². The Labute approximate surface area is 300 Å². The second kappa shape index (κ2) is 38.7. The first-order valence-corrected chi connectivity index (χ1v) is 21.6. The number of hydrogen-bond donors (Lipinski definition) is 0. The van der Waals surface area contributed by atoms with Crippen molar-refractivity contribution in [1.29, 1.82) is 0 Å². The van der Waals surface area contributed by atoms with Gasteiger partial charge < -0.3 is 14.4 Å². The maximum atomic E-state index is 12.6. The summed E-state index contributed by atoms with van der Waals surface area (Å²) in [7, 11) is 2.27. The number of esters is 2. The van der Waals surface area contributed by atoms with Gasteiger partial charge in [0.15, 0.2) is 0 Å². The molecule has 0 saturated carbocycles. The van der Waals surface area contributed by atoms with E-state index in [-0.39, 0.29) is 18.0 Å². The van der Waals surface area contributed by atoms with Gasteiger partial charge in [-0.05, 0) is 77.9 Å². The first-order chi connectivity index (χ1) is 23.5. The van der Waals surface area contributed by atoms with Crippen molar-refractivity contribution in [3.8, 4) is 0 Å². The summed E-state index contributed by atoms with van der Waals surface area (Å²) in [5, 5.41) is 0. The van der Waals surface area contributed by atoms with E-state index in [1.165, 1.54) is 154 Å². The van der Waals surface area contributed by atoms with Crippen molar-refractivity contribution >= 4 is 11.9 Å². The molecule has 0 N–H and O–H groups in total. The third-order valence-corrected chi connectivity index (χ3v) is 9.91. The molecule has 48 heavy (non-hydrogen) atoms. The minimum Gasteiger partial charge on any atom is -0.466 e. The summed E-state index contributed by atoms with van der Waals surface area (Å²) in [6, 6.07) is 0. The fraction of sp³-hybridized carbons (Fsp3) is 0.953. The van der Waals surface area contributed by atoms with E-state index >= 15 is 0 Å². The van der Waals surface area contributed by atoms with E-state index in [1.54, 1.807) is 0 Å². The zero-order valence-corrected chi connectivity index (χ0v) is 33.1. The van der Waals surface area contributed by atoms with Gasteiger partial charge in [0, 0.05) is 12.8 Å². The topological polar surface area (TPSA) is 55.8 Å². The SMILES string of the molecule is CCCCCCCCC(CCCCCCCC)OC(=O)CCCCCCCN(C)CCCCCCCCCCCC(=O)OCCCCC. The maximum Gasteiger partial charge on any atom is 0.306 e. The summed E-state index contributed by atoms with van der Waals surface area (Å²) >= 11 is 0. The van der Waals surface area contributed by atoms with E-state index in [2.05, 4.69) is 32.7 Å². The lowest BCUT2D eigenvalue weighted by molar-refractivity contribution is -0.150. The van der Waals surface area contributed by atoms with Gasteiger partial charge in [-0.25, -0.2) is 0 Å². The molecule has 0 aliphatic rings. The van der Waals surface area contributed by atoms with Gasteiger partial charge in [0.2, 0.25) is 0 Å². The summed E-state index contributed by atoms with van der Waals surface area (Å²) in [4.78, 5) is 26.8. The van der Waals surface area contributed by atoms with E-state index in [9.17, 15) is 9.59 Å². The Balaban J connectivity index is 3.71. The van der Waals surface area contributed by atoms with Gasteiger partial charge in [0.25, 0.3) is 0 Å². The highest BCUT2D eigenvalue weighted by Gasteiger charge is 2.14. The molecule has 0 amide bonds. The molecule has 0 aromatic rings. The standard InChI is InChI=1S/C43H85NO4/c1-5-8-11-13-21-27-34-41(35-28-22-14-12-9-6-2)48-43(46)37-30-24-20-26-32-39-44(4)38-31-25-19-17-15-16-18-23-29-36-42(45)47-40-33-10-7-3/h41H,5-40H2,1-4H3. The number of rotatable bonds is 39. The summed E-state index contributed by atoms with van der Waals surface area (Å²) in [5.74, 6) is 0.0366. The summed E-state index contributed by atoms with van der Waals surface area (Å²) in [5.41, 5.74) is 0. The predicted molar refractivity (Wildman–Crippen MR) is 208 cm³/mol. The lowest BCUT2D eigenvalue weighted by atomic mass is 10.0. The van der Waals surface area contributed by atoms with Crippen LogP contribution in [0.4, 0.5) is 0 Å². The minimum atomic E-state index is -0.00849. The van der Waals surface area contributed by atoms with E-state index in [4.69, 9.17) is 9.47 Å². The molecule has 0 heterocycles. The third-order valence-electron chi connectivity index (χ3n) is 9.91. The zero-order valence-electron chi connectivity index (χ0n) is 33.1. The number of carbonyl (C=O) groups excluding carboxylic acids is 2. The smallest absolute Gasteiger partial charge is 0.306 e. The van der Waals surface area contributed by atoms with Crippen molar-refractivity contribution < 1.29 is 19.1 Å². The predicted octanol–water partition coefficient (Wildman–Crippen LogP) is 13.3. The normalized spacial score (nSPS) is 11.5. The van der Waals surface area contributed by atoms with Crippen LogP contribution in [0.2, 0.25) is 0 Å². The summed E-state index contributed by atoms with van der Waals surface area (Å²) in [6.07, 6.45) is 39.5. The Morgan fingerprint density at radius 1 is 0.438 bits per heavy atom. The molecule has 0 atom stereocenters. The van der Waals surface area contributed by atoms with Crippen LogP contribution in [0.15, 0.2) is 0 Å². The van der Waals surface area contributed by atoms with Crippen LogP contribution >= 0.6 is 0 Å². The van der Waals surface area contributed by atoms with Crippen molar-refractivity contribution in [3.63, 3.8) is 0 Å². The minimum absolute atomic E-state index is 0.00849. The molecule has 5 heteroatoms. The van der Waals surface area contributed by atoms with Crippen LogP contribution in [0, 0.1) is 0 Å². The summed E-state index contributed by atoms with van der Waals surface area (Å²) < 4.78 is 11.3. The first kappa shape index (κ1) is 46.9. The molecule has 0 radical (unpaired) electrons. The van der Waals surface area contributed by atoms with Crippen LogP contribution in [-0.2, 0) is 19.1 Å². The van der Waals surface area contributed by atoms with Gasteiger partial charge in [-0.2, -0.15) is 0 Å². The Hall–Kier alpha value is -1.10. The molecule has 0 aromatic carbocycles. The fourth-order valence-electron chi connectivity index (χ4n) is 6.60. The lowest BCUT2D eigenvalue weighted by Crippen LogP contribution is -2.20. The Morgan fingerprint density at radius 3 is 1.25 bits per heavy atom. The quantitative estimate of drug-likeness (QED) is 0.0478. The van der Waals surface area contributed by atoms with E-state index < -0.39 is 0 Å². The van der Waals surface area contributed by atoms with Crippen LogP contribution in [0.25, 0.3) is 0 Å². The number of ether oxygens (including phenoxy) is 2. The van der Waals surface area contributed by atoms with Gasteiger partial charge in [-0.1, -0.05) is 162 Å². The molecular weight excluding hydrogens is 594 g/mol. The highest BCUT2D eigenvalue weighted by molar-refractivity contribution is 5.69. The number of carbonyl (C=O) groups is 2. The molecule has 0 bridgehead atoms. The molecule has 0 unspecified atom stereocenters. The Kier molecular flexibility index (Phi) is 37.8. The monoisotopic (exact) mass is 680 g/mol. The Morgan fingerprint density at radius 2 is 0.792 bits per heavy atom. The maximum absolute atomic E-state index is 12.6. The van der Waals surface area contributed by atoms with Gasteiger partial charge in [0.05, 0.1) is 6.61 Å². The molecule has 0 fully saturated rings. The van der Waals surface area contributed by atoms with Gasteiger partial charge in [-0.15, -0.1) is 0 Å². The third kappa shape index (κ3) is 36.2. The molecule has 0 aliphatic carbocycles. The van der Waals surface area contributed by atoms with Crippen molar-refractivity contribution in [1.82, 2.24) is 4.90 Å². The van der Waals surface area contributed by atoms with Crippen molar-refractivity contribution in [3.05, 3.63) is 0 Å². The van der Waals surface area contributed by atoms with Crippen LogP contribution in [0.3, 0.4) is 0 Å². The van der Waals surface area contributed by atoms with Crippen LogP contribution < -0.4 is 0 Å². The van der Waals surface area contributed by atoms with Crippen LogP contribution in [0.5, 0.6) is 0 Å². The number of nitrogens with zero attached hydrogens (tertiary/aromatic N) is 1. The average molecular weight is 680 g/mol. The van der Waals surface area contributed by atoms with Gasteiger partial charge in [-0.3, -0.25) is 9.59 Å². The second-order valence-electron chi connectivity index (χ2n) is 14.9. The summed E-state index contributed by atoms with van der Waals surface area (Å²) in [6.45, 7) is 9.70. The fourth-order valence-corrected chi connectivity index (χ4v) is 6.60. The van der Waals surface area contributed by atoms with Crippen LogP contribution in [-0.4, -0.2) is 49.7 Å². The molecule has 0 aromatic heterocycles. The number of hydrogen-bond acceptors (Lipinski definition) is 5. The number of unbranched alkanes of at least 4 members (excludes halogenated alkanes) is 24. The van der Waals surface area contributed by atoms with E-state index in [1.807, 2.05) is 0 Å².